The summed E-state index contributed by atoms with van der Waals surface area (Å²) in [5.41, 5.74) is 0.394. The second-order valence-electron chi connectivity index (χ2n) is 4.44. The van der Waals surface area contributed by atoms with Gasteiger partial charge in [0.05, 0.1) is 0 Å². The molecule has 0 bridgehead atoms. The molecule has 0 amide bonds. The Kier molecular flexibility index (Phi) is 11.5. The Morgan fingerprint density at radius 2 is 1.38 bits per heavy atom. The number of rotatable bonds is 2. The molecule has 1 saturated heterocycles. The predicted octanol–water partition coefficient (Wildman–Crippen LogP) is 3.52. The largest absolute Gasteiger partial charge is 0.314 e. The molecule has 0 unspecified atom stereocenters. The molecule has 0 aromatic heterocycles. The average Bonchev–Trinajstić information content (AvgIpc) is 2.35. The highest BCUT2D eigenvalue weighted by Gasteiger charge is 2.28. The van der Waals surface area contributed by atoms with Crippen LogP contribution in [0.25, 0.3) is 0 Å². The fourth-order valence-electron chi connectivity index (χ4n) is 1.78. The molecule has 1 N–H and O–H groups in total. The maximum Gasteiger partial charge on any atom is 0.0174 e. The van der Waals surface area contributed by atoms with Gasteiger partial charge in [-0.1, -0.05) is 27.7 Å². The minimum atomic E-state index is 0.394. The third-order valence-electron chi connectivity index (χ3n) is 3.24. The van der Waals surface area contributed by atoms with Crippen LogP contribution in [-0.2, 0) is 0 Å². The third kappa shape index (κ3) is 6.49. The first kappa shape index (κ1) is 18.3. The van der Waals surface area contributed by atoms with Gasteiger partial charge >= 0.3 is 0 Å². The van der Waals surface area contributed by atoms with Gasteiger partial charge in [-0.15, -0.1) is 0 Å². The van der Waals surface area contributed by atoms with Gasteiger partial charge < -0.3 is 10.2 Å². The number of piperidine rings is 1. The zero-order chi connectivity index (χ0) is 13.2. The van der Waals surface area contributed by atoms with Crippen LogP contribution in [0.15, 0.2) is 0 Å². The lowest BCUT2D eigenvalue weighted by Gasteiger charge is -2.41. The smallest absolute Gasteiger partial charge is 0.0174 e. The topological polar surface area (TPSA) is 15.3 Å². The lowest BCUT2D eigenvalue weighted by molar-refractivity contribution is 0.124. The molecule has 0 spiro atoms. The third-order valence-corrected chi connectivity index (χ3v) is 3.24. The predicted molar refractivity (Wildman–Crippen MR) is 76.1 cm³/mol. The number of nitrogens with zero attached hydrogens (tertiary/aromatic N) is 1. The molecular formula is C14H34N2. The molecule has 0 radical (unpaired) electrons. The normalized spacial score (nSPS) is 19.3. The number of hydrogen-bond acceptors (Lipinski definition) is 2. The molecule has 0 saturated carbocycles. The number of likely N-dealkylation sites (tertiary alicyclic amines) is 1. The number of hydrogen-bond donors (Lipinski definition) is 1. The minimum absolute atomic E-state index is 0.394. The summed E-state index contributed by atoms with van der Waals surface area (Å²) in [4.78, 5) is 2.55. The molecule has 2 nitrogen and oxygen atoms in total. The monoisotopic (exact) mass is 230 g/mol. The summed E-state index contributed by atoms with van der Waals surface area (Å²) in [6, 6.07) is 0.714. The molecule has 100 valence electrons. The van der Waals surface area contributed by atoms with E-state index in [1.165, 1.54) is 25.9 Å². The van der Waals surface area contributed by atoms with Gasteiger partial charge in [0, 0.05) is 24.7 Å². The lowest BCUT2D eigenvalue weighted by Crippen LogP contribution is -2.51. The van der Waals surface area contributed by atoms with E-state index in [4.69, 9.17) is 0 Å². The first-order valence-electron chi connectivity index (χ1n) is 7.00. The van der Waals surface area contributed by atoms with Crippen LogP contribution in [0.5, 0.6) is 0 Å². The average molecular weight is 230 g/mol. The highest BCUT2D eigenvalue weighted by molar-refractivity contribution is 4.88. The molecule has 1 heterocycles. The second-order valence-corrected chi connectivity index (χ2v) is 4.44. The molecule has 16 heavy (non-hydrogen) atoms. The van der Waals surface area contributed by atoms with Crippen LogP contribution in [0, 0.1) is 0 Å². The Morgan fingerprint density at radius 1 is 1.00 bits per heavy atom. The summed E-state index contributed by atoms with van der Waals surface area (Å²) in [5, 5.41) is 3.41. The molecule has 0 atom stereocenters. The highest BCUT2D eigenvalue weighted by Crippen LogP contribution is 2.21. The molecule has 1 aliphatic heterocycles. The van der Waals surface area contributed by atoms with E-state index in [2.05, 4.69) is 38.0 Å². The molecule has 2 heteroatoms. The Hall–Kier alpha value is -0.0800. The summed E-state index contributed by atoms with van der Waals surface area (Å²) >= 11 is 0. The summed E-state index contributed by atoms with van der Waals surface area (Å²) in [6.07, 6.45) is 2.56. The number of nitrogens with one attached hydrogen (secondary N) is 1. The fraction of sp³-hybridized carbons (Fsp3) is 1.00. The van der Waals surface area contributed by atoms with Crippen molar-refractivity contribution in [3.63, 3.8) is 0 Å². The van der Waals surface area contributed by atoms with E-state index < -0.39 is 0 Å². The molecule has 0 aromatic rings. The van der Waals surface area contributed by atoms with Crippen molar-refractivity contribution in [1.29, 1.82) is 0 Å². The van der Waals surface area contributed by atoms with Crippen LogP contribution in [-0.4, -0.2) is 36.6 Å². The Bertz CT molecular complexity index is 136. The van der Waals surface area contributed by atoms with Crippen molar-refractivity contribution in [3.8, 4) is 0 Å². The summed E-state index contributed by atoms with van der Waals surface area (Å²) in [6.45, 7) is 17.4. The lowest BCUT2D eigenvalue weighted by atomic mass is 9.89. The fourth-order valence-corrected chi connectivity index (χ4v) is 1.78. The summed E-state index contributed by atoms with van der Waals surface area (Å²) in [5.74, 6) is 0. The first-order chi connectivity index (χ1) is 7.57. The van der Waals surface area contributed by atoms with Crippen LogP contribution in [0.1, 0.15) is 61.3 Å². The molecular weight excluding hydrogens is 196 g/mol. The van der Waals surface area contributed by atoms with E-state index in [0.29, 0.717) is 11.6 Å². The molecule has 1 rings (SSSR count). The van der Waals surface area contributed by atoms with E-state index in [9.17, 15) is 0 Å². The van der Waals surface area contributed by atoms with Crippen molar-refractivity contribution in [2.75, 3.05) is 20.1 Å². The van der Waals surface area contributed by atoms with Crippen LogP contribution in [0.2, 0.25) is 0 Å². The van der Waals surface area contributed by atoms with Crippen molar-refractivity contribution in [2.24, 2.45) is 0 Å². The van der Waals surface area contributed by atoms with Gasteiger partial charge in [0.2, 0.25) is 0 Å². The Balaban J connectivity index is 0. The maximum absolute atomic E-state index is 3.41. The van der Waals surface area contributed by atoms with Crippen LogP contribution >= 0.6 is 0 Å². The van der Waals surface area contributed by atoms with E-state index in [1.807, 2.05) is 27.7 Å². The Morgan fingerprint density at radius 3 is 1.62 bits per heavy atom. The van der Waals surface area contributed by atoms with Gasteiger partial charge in [-0.25, -0.2) is 0 Å². The second kappa shape index (κ2) is 10.1. The Labute approximate surface area is 104 Å². The SMILES string of the molecule is CC.CC.CNC1(C)CCN(C(C)C)CC1. The zero-order valence-electron chi connectivity index (χ0n) is 12.9. The van der Waals surface area contributed by atoms with Crippen molar-refractivity contribution in [1.82, 2.24) is 10.2 Å². The summed E-state index contributed by atoms with van der Waals surface area (Å²) in [7, 11) is 2.07. The van der Waals surface area contributed by atoms with Crippen molar-refractivity contribution in [3.05, 3.63) is 0 Å². The zero-order valence-corrected chi connectivity index (χ0v) is 12.9. The minimum Gasteiger partial charge on any atom is -0.314 e. The van der Waals surface area contributed by atoms with Gasteiger partial charge in [-0.2, -0.15) is 0 Å². The van der Waals surface area contributed by atoms with Gasteiger partial charge in [-0.3, -0.25) is 0 Å². The van der Waals surface area contributed by atoms with Crippen LogP contribution < -0.4 is 5.32 Å². The van der Waals surface area contributed by atoms with Gasteiger partial charge in [0.15, 0.2) is 0 Å². The maximum atomic E-state index is 3.41. The van der Waals surface area contributed by atoms with E-state index in [-0.39, 0.29) is 0 Å². The quantitative estimate of drug-likeness (QED) is 0.781. The van der Waals surface area contributed by atoms with E-state index in [0.717, 1.165) is 0 Å². The molecule has 1 fully saturated rings. The standard InChI is InChI=1S/C10H22N2.2C2H6/c1-9(2)12-7-5-10(3,11-4)6-8-12;2*1-2/h9,11H,5-8H2,1-4H3;2*1-2H3. The van der Waals surface area contributed by atoms with E-state index >= 15 is 0 Å². The molecule has 1 aliphatic rings. The molecule has 0 aromatic carbocycles. The first-order valence-corrected chi connectivity index (χ1v) is 7.00. The van der Waals surface area contributed by atoms with Crippen molar-refractivity contribution in [2.45, 2.75) is 72.9 Å². The summed E-state index contributed by atoms with van der Waals surface area (Å²) < 4.78 is 0. The van der Waals surface area contributed by atoms with Crippen molar-refractivity contribution >= 4 is 0 Å². The van der Waals surface area contributed by atoms with Gasteiger partial charge in [0.1, 0.15) is 0 Å². The highest BCUT2D eigenvalue weighted by atomic mass is 15.2. The van der Waals surface area contributed by atoms with Gasteiger partial charge in [-0.05, 0) is 40.7 Å². The molecule has 0 aliphatic carbocycles. The van der Waals surface area contributed by atoms with Crippen LogP contribution in [0.4, 0.5) is 0 Å². The van der Waals surface area contributed by atoms with E-state index in [1.54, 1.807) is 0 Å². The van der Waals surface area contributed by atoms with Crippen LogP contribution in [0.3, 0.4) is 0 Å². The van der Waals surface area contributed by atoms with Gasteiger partial charge in [0.25, 0.3) is 0 Å². The van der Waals surface area contributed by atoms with Crippen molar-refractivity contribution < 1.29 is 0 Å².